The van der Waals surface area contributed by atoms with Crippen molar-refractivity contribution in [2.24, 2.45) is 0 Å². The number of amides is 2. The van der Waals surface area contributed by atoms with Crippen molar-refractivity contribution in [2.45, 2.75) is 19.0 Å². The van der Waals surface area contributed by atoms with Crippen molar-refractivity contribution >= 4 is 51.0 Å². The van der Waals surface area contributed by atoms with Gasteiger partial charge in [0.2, 0.25) is 5.91 Å². The molecule has 0 radical (unpaired) electrons. The highest BCUT2D eigenvalue weighted by atomic mass is 79.9. The number of hydrogen-bond acceptors (Lipinski definition) is 4. The van der Waals surface area contributed by atoms with E-state index < -0.39 is 12.0 Å². The molecule has 1 unspecified atom stereocenters. The summed E-state index contributed by atoms with van der Waals surface area (Å²) in [5.41, 5.74) is 2.12. The van der Waals surface area contributed by atoms with Crippen molar-refractivity contribution in [1.82, 2.24) is 9.88 Å². The van der Waals surface area contributed by atoms with E-state index in [1.165, 1.54) is 11.0 Å². The summed E-state index contributed by atoms with van der Waals surface area (Å²) >= 11 is 9.35. The molecular weight excluding hydrogens is 498 g/mol. The Morgan fingerprint density at radius 1 is 1.16 bits per heavy atom. The van der Waals surface area contributed by atoms with Crippen molar-refractivity contribution in [3.63, 3.8) is 0 Å². The third-order valence-corrected chi connectivity index (χ3v) is 6.05. The Hall–Kier alpha value is -3.23. The number of nitrogens with zero attached hydrogens (tertiary/aromatic N) is 2. The van der Waals surface area contributed by atoms with Crippen LogP contribution in [0.2, 0.25) is 5.02 Å². The van der Waals surface area contributed by atoms with E-state index in [0.717, 1.165) is 0 Å². The summed E-state index contributed by atoms with van der Waals surface area (Å²) in [6.07, 6.45) is 1.85. The summed E-state index contributed by atoms with van der Waals surface area (Å²) in [6, 6.07) is 14.0. The van der Waals surface area contributed by atoms with Gasteiger partial charge >= 0.3 is 5.97 Å². The third kappa shape index (κ3) is 4.51. The van der Waals surface area contributed by atoms with Crippen molar-refractivity contribution < 1.29 is 19.5 Å². The molecule has 162 valence electrons. The van der Waals surface area contributed by atoms with E-state index in [-0.39, 0.29) is 30.3 Å². The van der Waals surface area contributed by atoms with Gasteiger partial charge in [-0.1, -0.05) is 23.7 Å². The zero-order valence-corrected chi connectivity index (χ0v) is 18.9. The lowest BCUT2D eigenvalue weighted by atomic mass is 10.1. The van der Waals surface area contributed by atoms with Gasteiger partial charge in [0.05, 0.1) is 16.8 Å². The molecule has 32 heavy (non-hydrogen) atoms. The standard InChI is InChI=1S/C23H17BrClN3O4/c24-18-9-13(4-6-16(18)23(31)32)12-28-20(11-15-3-1-2-8-26-15)21(29)27-19-10-14(25)5-7-17(19)22(28)30/h1-10,20H,11-12H2,(H,27,29)(H,31,32). The Kier molecular flexibility index (Phi) is 6.25. The monoisotopic (exact) mass is 513 g/mol. The summed E-state index contributed by atoms with van der Waals surface area (Å²) in [5.74, 6) is -1.76. The Balaban J connectivity index is 1.75. The van der Waals surface area contributed by atoms with E-state index in [9.17, 15) is 19.5 Å². The van der Waals surface area contributed by atoms with Crippen LogP contribution in [0, 0.1) is 0 Å². The van der Waals surface area contributed by atoms with Crippen molar-refractivity contribution in [2.75, 3.05) is 5.32 Å². The first-order chi connectivity index (χ1) is 15.3. The van der Waals surface area contributed by atoms with Crippen LogP contribution < -0.4 is 5.32 Å². The summed E-state index contributed by atoms with van der Waals surface area (Å²) in [6.45, 7) is 0.102. The van der Waals surface area contributed by atoms with E-state index in [0.29, 0.717) is 32.0 Å². The molecule has 1 aromatic heterocycles. The lowest BCUT2D eigenvalue weighted by molar-refractivity contribution is -0.120. The number of carbonyl (C=O) groups excluding carboxylic acids is 2. The third-order valence-electron chi connectivity index (χ3n) is 5.16. The first-order valence-corrected chi connectivity index (χ1v) is 10.8. The summed E-state index contributed by atoms with van der Waals surface area (Å²) < 4.78 is 0.391. The van der Waals surface area contributed by atoms with E-state index in [1.807, 2.05) is 6.07 Å². The van der Waals surface area contributed by atoms with Crippen LogP contribution in [-0.4, -0.2) is 38.8 Å². The molecule has 2 heterocycles. The molecule has 2 amide bonds. The average molecular weight is 515 g/mol. The molecule has 0 fully saturated rings. The van der Waals surface area contributed by atoms with Crippen LogP contribution in [0.4, 0.5) is 5.69 Å². The van der Waals surface area contributed by atoms with Crippen LogP contribution in [0.15, 0.2) is 65.3 Å². The minimum absolute atomic E-state index is 0.102. The van der Waals surface area contributed by atoms with Gasteiger partial charge in [0, 0.05) is 34.4 Å². The number of carboxylic acids is 1. The number of nitrogens with one attached hydrogen (secondary N) is 1. The van der Waals surface area contributed by atoms with E-state index in [1.54, 1.807) is 48.7 Å². The first-order valence-electron chi connectivity index (χ1n) is 9.66. The van der Waals surface area contributed by atoms with Crippen LogP contribution in [0.1, 0.15) is 32.0 Å². The van der Waals surface area contributed by atoms with Crippen LogP contribution in [0.3, 0.4) is 0 Å². The largest absolute Gasteiger partial charge is 0.478 e. The van der Waals surface area contributed by atoms with Gasteiger partial charge in [-0.05, 0) is 64.0 Å². The molecule has 9 heteroatoms. The maximum Gasteiger partial charge on any atom is 0.336 e. The topological polar surface area (TPSA) is 99.6 Å². The normalized spacial score (nSPS) is 15.7. The molecule has 2 aromatic carbocycles. The van der Waals surface area contributed by atoms with Gasteiger partial charge in [0.25, 0.3) is 5.91 Å². The minimum atomic E-state index is -1.06. The fraction of sp³-hybridized carbons (Fsp3) is 0.130. The number of rotatable bonds is 5. The predicted octanol–water partition coefficient (Wildman–Crippen LogP) is 4.40. The highest BCUT2D eigenvalue weighted by Crippen LogP contribution is 2.29. The molecule has 0 bridgehead atoms. The highest BCUT2D eigenvalue weighted by molar-refractivity contribution is 9.10. The minimum Gasteiger partial charge on any atom is -0.478 e. The van der Waals surface area contributed by atoms with Gasteiger partial charge in [-0.2, -0.15) is 0 Å². The number of fused-ring (bicyclic) bond motifs is 1. The molecule has 1 atom stereocenters. The molecule has 1 aliphatic rings. The molecule has 0 saturated heterocycles. The molecule has 7 nitrogen and oxygen atoms in total. The Bertz CT molecular complexity index is 1220. The molecule has 0 spiro atoms. The first kappa shape index (κ1) is 22.0. The lowest BCUT2D eigenvalue weighted by Gasteiger charge is -2.29. The number of aromatic carboxylic acids is 1. The number of hydrogen-bond donors (Lipinski definition) is 2. The molecule has 1 aliphatic heterocycles. The van der Waals surface area contributed by atoms with Gasteiger partial charge in [-0.25, -0.2) is 4.79 Å². The fourth-order valence-electron chi connectivity index (χ4n) is 3.59. The number of carboxylic acid groups (broad SMARTS) is 1. The van der Waals surface area contributed by atoms with Crippen molar-refractivity contribution in [3.05, 3.63) is 92.7 Å². The average Bonchev–Trinajstić information content (AvgIpc) is 2.84. The second-order valence-corrected chi connectivity index (χ2v) is 8.56. The second-order valence-electron chi connectivity index (χ2n) is 7.27. The smallest absolute Gasteiger partial charge is 0.336 e. The molecule has 3 aromatic rings. The van der Waals surface area contributed by atoms with Gasteiger partial charge in [0.1, 0.15) is 6.04 Å². The second kappa shape index (κ2) is 9.10. The van der Waals surface area contributed by atoms with E-state index in [2.05, 4.69) is 26.2 Å². The zero-order chi connectivity index (χ0) is 22.8. The van der Waals surface area contributed by atoms with Gasteiger partial charge in [0.15, 0.2) is 0 Å². The van der Waals surface area contributed by atoms with E-state index >= 15 is 0 Å². The Morgan fingerprint density at radius 3 is 2.66 bits per heavy atom. The maximum atomic E-state index is 13.5. The van der Waals surface area contributed by atoms with Crippen LogP contribution in [-0.2, 0) is 17.8 Å². The number of pyridine rings is 1. The fourth-order valence-corrected chi connectivity index (χ4v) is 4.36. The zero-order valence-electron chi connectivity index (χ0n) is 16.6. The Labute approximate surface area is 197 Å². The predicted molar refractivity (Wildman–Crippen MR) is 123 cm³/mol. The van der Waals surface area contributed by atoms with Gasteiger partial charge < -0.3 is 15.3 Å². The van der Waals surface area contributed by atoms with Gasteiger partial charge in [-0.15, -0.1) is 0 Å². The summed E-state index contributed by atoms with van der Waals surface area (Å²) in [7, 11) is 0. The number of anilines is 1. The summed E-state index contributed by atoms with van der Waals surface area (Å²) in [5, 5.41) is 12.5. The molecule has 0 aliphatic carbocycles. The molecule has 4 rings (SSSR count). The maximum absolute atomic E-state index is 13.5. The number of halogens is 2. The van der Waals surface area contributed by atoms with Crippen LogP contribution in [0.25, 0.3) is 0 Å². The molecule has 2 N–H and O–H groups in total. The SMILES string of the molecule is O=C(O)c1ccc(CN2C(=O)c3ccc(Cl)cc3NC(=O)C2Cc2ccccn2)cc1Br. The number of carbonyl (C=O) groups is 3. The molecule has 0 saturated carbocycles. The van der Waals surface area contributed by atoms with E-state index in [4.69, 9.17) is 11.6 Å². The van der Waals surface area contributed by atoms with Crippen molar-refractivity contribution in [1.29, 1.82) is 0 Å². The van der Waals surface area contributed by atoms with Crippen molar-refractivity contribution in [3.8, 4) is 0 Å². The van der Waals surface area contributed by atoms with Crippen LogP contribution >= 0.6 is 27.5 Å². The lowest BCUT2D eigenvalue weighted by Crippen LogP contribution is -2.46. The molecular formula is C23H17BrClN3O4. The summed E-state index contributed by atoms with van der Waals surface area (Å²) in [4.78, 5) is 43.8. The quantitative estimate of drug-likeness (QED) is 0.526. The van der Waals surface area contributed by atoms with Gasteiger partial charge in [-0.3, -0.25) is 14.6 Å². The number of benzene rings is 2. The number of aromatic nitrogens is 1. The van der Waals surface area contributed by atoms with Crippen LogP contribution in [0.5, 0.6) is 0 Å². The highest BCUT2D eigenvalue weighted by Gasteiger charge is 2.36. The Morgan fingerprint density at radius 2 is 1.97 bits per heavy atom.